The minimum Gasteiger partial charge on any atom is -0.428 e. The molecule has 0 saturated heterocycles. The SMILES string of the molecule is Cc1cc(OC(=O)OC(C)(C)C)ccc1C=O. The normalized spacial score (nSPS) is 10.8. The number of hydrogen-bond donors (Lipinski definition) is 0. The van der Waals surface area contributed by atoms with Gasteiger partial charge in [-0.1, -0.05) is 0 Å². The fourth-order valence-electron chi connectivity index (χ4n) is 1.21. The molecule has 0 amide bonds. The number of aryl methyl sites for hydroxylation is 1. The van der Waals surface area contributed by atoms with E-state index >= 15 is 0 Å². The van der Waals surface area contributed by atoms with Crippen LogP contribution in [0.4, 0.5) is 4.79 Å². The third kappa shape index (κ3) is 4.26. The molecule has 0 saturated carbocycles. The third-order valence-electron chi connectivity index (χ3n) is 1.96. The number of benzene rings is 1. The first-order valence-electron chi connectivity index (χ1n) is 5.28. The van der Waals surface area contributed by atoms with E-state index in [0.717, 1.165) is 11.8 Å². The van der Waals surface area contributed by atoms with Gasteiger partial charge >= 0.3 is 6.16 Å². The molecule has 1 rings (SSSR count). The molecule has 0 spiro atoms. The van der Waals surface area contributed by atoms with Crippen molar-refractivity contribution in [2.45, 2.75) is 33.3 Å². The lowest BCUT2D eigenvalue weighted by atomic mass is 10.1. The molecule has 0 atom stereocenters. The highest BCUT2D eigenvalue weighted by Gasteiger charge is 2.18. The Hall–Kier alpha value is -1.84. The molecule has 0 N–H and O–H groups in total. The highest BCUT2D eigenvalue weighted by atomic mass is 16.7. The van der Waals surface area contributed by atoms with Crippen LogP contribution in [0.25, 0.3) is 0 Å². The van der Waals surface area contributed by atoms with Gasteiger partial charge in [0.25, 0.3) is 0 Å². The molecule has 0 aromatic heterocycles. The summed E-state index contributed by atoms with van der Waals surface area (Å²) < 4.78 is 10.0. The molecule has 1 aromatic carbocycles. The van der Waals surface area contributed by atoms with E-state index in [1.165, 1.54) is 0 Å². The summed E-state index contributed by atoms with van der Waals surface area (Å²) in [5, 5.41) is 0. The second kappa shape index (κ2) is 4.99. The summed E-state index contributed by atoms with van der Waals surface area (Å²) >= 11 is 0. The van der Waals surface area contributed by atoms with Crippen LogP contribution in [-0.2, 0) is 4.74 Å². The first kappa shape index (κ1) is 13.2. The summed E-state index contributed by atoms with van der Waals surface area (Å²) in [6.45, 7) is 7.05. The molecule has 4 heteroatoms. The van der Waals surface area contributed by atoms with Crippen LogP contribution in [-0.4, -0.2) is 18.0 Å². The molecule has 0 aliphatic heterocycles. The van der Waals surface area contributed by atoms with Gasteiger partial charge < -0.3 is 9.47 Å². The summed E-state index contributed by atoms with van der Waals surface area (Å²) in [6.07, 6.45) is 0.00260. The summed E-state index contributed by atoms with van der Waals surface area (Å²) in [7, 11) is 0. The smallest absolute Gasteiger partial charge is 0.428 e. The molecule has 0 fully saturated rings. The van der Waals surface area contributed by atoms with E-state index in [2.05, 4.69) is 0 Å². The Morgan fingerprint density at radius 1 is 1.29 bits per heavy atom. The molecular formula is C13H16O4. The van der Waals surface area contributed by atoms with Crippen molar-refractivity contribution in [2.24, 2.45) is 0 Å². The Bertz CT molecular complexity index is 430. The van der Waals surface area contributed by atoms with Gasteiger partial charge in [0.2, 0.25) is 0 Å². The molecule has 92 valence electrons. The lowest BCUT2D eigenvalue weighted by Crippen LogP contribution is -2.26. The summed E-state index contributed by atoms with van der Waals surface area (Å²) in [5.74, 6) is 0.363. The second-order valence-electron chi connectivity index (χ2n) is 4.70. The molecule has 0 heterocycles. The predicted octanol–water partition coefficient (Wildman–Crippen LogP) is 3.12. The number of rotatable bonds is 2. The van der Waals surface area contributed by atoms with Crippen LogP contribution in [0, 0.1) is 6.92 Å². The first-order valence-corrected chi connectivity index (χ1v) is 5.28. The lowest BCUT2D eigenvalue weighted by molar-refractivity contribution is 0.0206. The maximum Gasteiger partial charge on any atom is 0.514 e. The predicted molar refractivity (Wildman–Crippen MR) is 63.4 cm³/mol. The van der Waals surface area contributed by atoms with Gasteiger partial charge in [0, 0.05) is 5.56 Å². The number of hydrogen-bond acceptors (Lipinski definition) is 4. The number of carbonyl (C=O) groups is 2. The van der Waals surface area contributed by atoms with Gasteiger partial charge in [-0.15, -0.1) is 0 Å². The summed E-state index contributed by atoms with van der Waals surface area (Å²) in [6, 6.07) is 4.77. The highest BCUT2D eigenvalue weighted by molar-refractivity contribution is 5.77. The quantitative estimate of drug-likeness (QED) is 0.449. The molecule has 0 bridgehead atoms. The van der Waals surface area contributed by atoms with E-state index in [4.69, 9.17) is 9.47 Å². The van der Waals surface area contributed by atoms with E-state index in [9.17, 15) is 9.59 Å². The van der Waals surface area contributed by atoms with Crippen molar-refractivity contribution >= 4 is 12.4 Å². The van der Waals surface area contributed by atoms with Crippen molar-refractivity contribution in [3.05, 3.63) is 29.3 Å². The van der Waals surface area contributed by atoms with Gasteiger partial charge in [0.15, 0.2) is 0 Å². The van der Waals surface area contributed by atoms with Crippen molar-refractivity contribution in [1.29, 1.82) is 0 Å². The summed E-state index contributed by atoms with van der Waals surface area (Å²) in [4.78, 5) is 22.0. The average molecular weight is 236 g/mol. The van der Waals surface area contributed by atoms with Crippen molar-refractivity contribution in [2.75, 3.05) is 0 Å². The van der Waals surface area contributed by atoms with E-state index in [1.807, 2.05) is 0 Å². The minimum atomic E-state index is -0.754. The van der Waals surface area contributed by atoms with Gasteiger partial charge in [-0.2, -0.15) is 0 Å². The number of aldehydes is 1. The molecule has 0 aliphatic carbocycles. The Labute approximate surface area is 101 Å². The van der Waals surface area contributed by atoms with Crippen molar-refractivity contribution in [3.63, 3.8) is 0 Å². The van der Waals surface area contributed by atoms with Gasteiger partial charge in [0.05, 0.1) is 0 Å². The minimum absolute atomic E-state index is 0.363. The van der Waals surface area contributed by atoms with Crippen LogP contribution in [0.1, 0.15) is 36.7 Å². The lowest BCUT2D eigenvalue weighted by Gasteiger charge is -2.18. The van der Waals surface area contributed by atoms with Crippen molar-refractivity contribution in [3.8, 4) is 5.75 Å². The van der Waals surface area contributed by atoms with E-state index in [1.54, 1.807) is 45.9 Å². The van der Waals surface area contributed by atoms with Crippen LogP contribution < -0.4 is 4.74 Å². The Morgan fingerprint density at radius 2 is 1.94 bits per heavy atom. The molecule has 0 unspecified atom stereocenters. The summed E-state index contributed by atoms with van der Waals surface area (Å²) in [5.41, 5.74) is 0.733. The van der Waals surface area contributed by atoms with Gasteiger partial charge in [-0.3, -0.25) is 4.79 Å². The van der Waals surface area contributed by atoms with Crippen LogP contribution in [0.5, 0.6) is 5.75 Å². The van der Waals surface area contributed by atoms with Crippen molar-refractivity contribution < 1.29 is 19.1 Å². The Morgan fingerprint density at radius 3 is 2.41 bits per heavy atom. The van der Waals surface area contributed by atoms with Gasteiger partial charge in [-0.25, -0.2) is 4.79 Å². The van der Waals surface area contributed by atoms with Gasteiger partial charge in [0.1, 0.15) is 17.6 Å². The standard InChI is InChI=1S/C13H16O4/c1-9-7-11(6-5-10(9)8-14)16-12(15)17-13(2,3)4/h5-8H,1-4H3. The van der Waals surface area contributed by atoms with Crippen LogP contribution in [0.2, 0.25) is 0 Å². The molecular weight excluding hydrogens is 220 g/mol. The Balaban J connectivity index is 2.73. The number of carbonyl (C=O) groups excluding carboxylic acids is 2. The van der Waals surface area contributed by atoms with Gasteiger partial charge in [-0.05, 0) is 51.5 Å². The molecule has 17 heavy (non-hydrogen) atoms. The topological polar surface area (TPSA) is 52.6 Å². The largest absolute Gasteiger partial charge is 0.514 e. The fraction of sp³-hybridized carbons (Fsp3) is 0.385. The third-order valence-corrected chi connectivity index (χ3v) is 1.96. The van der Waals surface area contributed by atoms with Crippen LogP contribution in [0.15, 0.2) is 18.2 Å². The first-order chi connectivity index (χ1) is 7.81. The number of ether oxygens (including phenoxy) is 2. The molecule has 4 nitrogen and oxygen atoms in total. The maximum atomic E-state index is 11.4. The average Bonchev–Trinajstić information content (AvgIpc) is 2.14. The second-order valence-corrected chi connectivity index (χ2v) is 4.70. The molecule has 1 aromatic rings. The van der Waals surface area contributed by atoms with E-state index < -0.39 is 11.8 Å². The zero-order valence-corrected chi connectivity index (χ0v) is 10.4. The monoisotopic (exact) mass is 236 g/mol. The molecule has 0 radical (unpaired) electrons. The fourth-order valence-corrected chi connectivity index (χ4v) is 1.21. The highest BCUT2D eigenvalue weighted by Crippen LogP contribution is 2.17. The van der Waals surface area contributed by atoms with E-state index in [-0.39, 0.29) is 0 Å². The van der Waals surface area contributed by atoms with Crippen LogP contribution in [0.3, 0.4) is 0 Å². The maximum absolute atomic E-state index is 11.4. The Kier molecular flexibility index (Phi) is 3.89. The molecule has 0 aliphatic rings. The van der Waals surface area contributed by atoms with E-state index in [0.29, 0.717) is 11.3 Å². The van der Waals surface area contributed by atoms with Crippen LogP contribution >= 0.6 is 0 Å². The zero-order chi connectivity index (χ0) is 13.1. The zero-order valence-electron chi connectivity index (χ0n) is 10.4. The van der Waals surface area contributed by atoms with Crippen molar-refractivity contribution in [1.82, 2.24) is 0 Å².